The number of hydrogen-bond donors (Lipinski definition) is 1. The van der Waals surface area contributed by atoms with Crippen molar-refractivity contribution < 1.29 is 8.42 Å². The smallest absolute Gasteiger partial charge is 0.214 e. The normalized spacial score (nSPS) is 21.1. The molecule has 110 valence electrons. The molecule has 6 heteroatoms. The van der Waals surface area contributed by atoms with Crippen LogP contribution < -0.4 is 9.62 Å². The van der Waals surface area contributed by atoms with Crippen molar-refractivity contribution in [3.63, 3.8) is 0 Å². The van der Waals surface area contributed by atoms with E-state index in [2.05, 4.69) is 14.6 Å². The maximum atomic E-state index is 11.9. The predicted octanol–water partition coefficient (Wildman–Crippen LogP) is 1.44. The Labute approximate surface area is 120 Å². The van der Waals surface area contributed by atoms with Crippen molar-refractivity contribution >= 4 is 15.8 Å². The molecule has 20 heavy (non-hydrogen) atoms. The highest BCUT2D eigenvalue weighted by Crippen LogP contribution is 2.28. The highest BCUT2D eigenvalue weighted by atomic mass is 32.2. The minimum atomic E-state index is -3.06. The Kier molecular flexibility index (Phi) is 3.69. The second kappa shape index (κ2) is 5.33. The summed E-state index contributed by atoms with van der Waals surface area (Å²) in [6.45, 7) is 3.70. The number of nitrogens with zero attached hydrogens (tertiary/aromatic N) is 2. The Morgan fingerprint density at radius 1 is 1.20 bits per heavy atom. The van der Waals surface area contributed by atoms with Crippen molar-refractivity contribution in [3.05, 3.63) is 23.9 Å². The average molecular weight is 295 g/mol. The van der Waals surface area contributed by atoms with Crippen LogP contribution in [0, 0.1) is 6.92 Å². The zero-order valence-electron chi connectivity index (χ0n) is 11.7. The summed E-state index contributed by atoms with van der Waals surface area (Å²) in [6.07, 6.45) is 3.34. The van der Waals surface area contributed by atoms with Crippen molar-refractivity contribution in [2.24, 2.45) is 0 Å². The molecule has 1 saturated carbocycles. The van der Waals surface area contributed by atoms with Gasteiger partial charge >= 0.3 is 0 Å². The highest BCUT2D eigenvalue weighted by Gasteiger charge is 2.37. The number of piperidine rings is 1. The minimum Gasteiger partial charge on any atom is -0.356 e. The lowest BCUT2D eigenvalue weighted by atomic mass is 10.1. The number of aromatic nitrogens is 1. The molecule has 1 aromatic heterocycles. The van der Waals surface area contributed by atoms with Crippen LogP contribution in [-0.4, -0.2) is 37.8 Å². The molecular formula is C14H21N3O2S. The summed E-state index contributed by atoms with van der Waals surface area (Å²) in [5.41, 5.74) is 1.01. The molecule has 2 aliphatic rings. The van der Waals surface area contributed by atoms with E-state index >= 15 is 0 Å². The average Bonchev–Trinajstić information content (AvgIpc) is 3.24. The lowest BCUT2D eigenvalue weighted by Crippen LogP contribution is -2.45. The maximum Gasteiger partial charge on any atom is 0.214 e. The van der Waals surface area contributed by atoms with Crippen molar-refractivity contribution in [2.75, 3.05) is 18.0 Å². The third-order valence-corrected chi connectivity index (χ3v) is 6.00. The van der Waals surface area contributed by atoms with Gasteiger partial charge in [-0.3, -0.25) is 0 Å². The van der Waals surface area contributed by atoms with E-state index in [1.54, 1.807) is 0 Å². The van der Waals surface area contributed by atoms with E-state index in [1.165, 1.54) is 0 Å². The topological polar surface area (TPSA) is 62.3 Å². The van der Waals surface area contributed by atoms with Crippen LogP contribution in [0.15, 0.2) is 18.2 Å². The third kappa shape index (κ3) is 3.12. The van der Waals surface area contributed by atoms with Gasteiger partial charge in [-0.25, -0.2) is 18.1 Å². The third-order valence-electron chi connectivity index (χ3n) is 3.99. The Morgan fingerprint density at radius 3 is 2.50 bits per heavy atom. The van der Waals surface area contributed by atoms with E-state index in [4.69, 9.17) is 0 Å². The first-order valence-corrected chi connectivity index (χ1v) is 8.79. The molecule has 0 radical (unpaired) electrons. The van der Waals surface area contributed by atoms with Crippen molar-refractivity contribution in [1.82, 2.24) is 9.71 Å². The Hall–Kier alpha value is -1.14. The first-order valence-electron chi connectivity index (χ1n) is 7.24. The van der Waals surface area contributed by atoms with Gasteiger partial charge in [-0.1, -0.05) is 6.07 Å². The van der Waals surface area contributed by atoms with Gasteiger partial charge in [0.1, 0.15) is 5.82 Å². The number of aryl methyl sites for hydroxylation is 1. The van der Waals surface area contributed by atoms with E-state index in [0.717, 1.165) is 50.3 Å². The lowest BCUT2D eigenvalue weighted by molar-refractivity contribution is 0.458. The predicted molar refractivity (Wildman–Crippen MR) is 79.3 cm³/mol. The van der Waals surface area contributed by atoms with Gasteiger partial charge in [0.05, 0.1) is 5.25 Å². The summed E-state index contributed by atoms with van der Waals surface area (Å²) in [7, 11) is -3.06. The Balaban J connectivity index is 1.57. The largest absolute Gasteiger partial charge is 0.356 e. The molecule has 1 N–H and O–H groups in total. The summed E-state index contributed by atoms with van der Waals surface area (Å²) < 4.78 is 26.7. The molecule has 1 aliphatic heterocycles. The molecule has 2 heterocycles. The zero-order chi connectivity index (χ0) is 14.2. The van der Waals surface area contributed by atoms with Crippen LogP contribution in [0.5, 0.6) is 0 Å². The van der Waals surface area contributed by atoms with Gasteiger partial charge in [0, 0.05) is 24.8 Å². The van der Waals surface area contributed by atoms with Crippen molar-refractivity contribution in [2.45, 2.75) is 43.9 Å². The van der Waals surface area contributed by atoms with E-state index in [9.17, 15) is 8.42 Å². The second-order valence-electron chi connectivity index (χ2n) is 5.76. The van der Waals surface area contributed by atoms with Crippen LogP contribution in [0.3, 0.4) is 0 Å². The Bertz CT molecular complexity index is 576. The SMILES string of the molecule is Cc1cccc(N2CCC(NS(=O)(=O)C3CC3)CC2)n1. The van der Waals surface area contributed by atoms with Gasteiger partial charge in [-0.15, -0.1) is 0 Å². The van der Waals surface area contributed by atoms with Crippen LogP contribution in [0.2, 0.25) is 0 Å². The van der Waals surface area contributed by atoms with E-state index in [1.807, 2.05) is 25.1 Å². The van der Waals surface area contributed by atoms with Crippen LogP contribution in [0.1, 0.15) is 31.4 Å². The Morgan fingerprint density at radius 2 is 1.90 bits per heavy atom. The molecule has 2 fully saturated rings. The second-order valence-corrected chi connectivity index (χ2v) is 7.75. The molecule has 0 aromatic carbocycles. The maximum absolute atomic E-state index is 11.9. The molecule has 1 saturated heterocycles. The number of nitrogens with one attached hydrogen (secondary N) is 1. The molecule has 0 bridgehead atoms. The van der Waals surface area contributed by atoms with Gasteiger partial charge < -0.3 is 4.90 Å². The standard InChI is InChI=1S/C14H21N3O2S/c1-11-3-2-4-14(15-11)17-9-7-12(8-10-17)16-20(18,19)13-5-6-13/h2-4,12-13,16H,5-10H2,1H3. The molecule has 0 spiro atoms. The number of rotatable bonds is 4. The first kappa shape index (κ1) is 13.8. The van der Waals surface area contributed by atoms with Crippen LogP contribution >= 0.6 is 0 Å². The summed E-state index contributed by atoms with van der Waals surface area (Å²) in [4.78, 5) is 6.75. The van der Waals surface area contributed by atoms with Gasteiger partial charge in [-0.05, 0) is 44.7 Å². The molecule has 3 rings (SSSR count). The summed E-state index contributed by atoms with van der Waals surface area (Å²) >= 11 is 0. The number of pyridine rings is 1. The van der Waals surface area contributed by atoms with Crippen LogP contribution in [0.4, 0.5) is 5.82 Å². The molecular weight excluding hydrogens is 274 g/mol. The zero-order valence-corrected chi connectivity index (χ0v) is 12.6. The van der Waals surface area contributed by atoms with E-state index < -0.39 is 10.0 Å². The fourth-order valence-electron chi connectivity index (χ4n) is 2.64. The molecule has 0 amide bonds. The van der Waals surface area contributed by atoms with Crippen molar-refractivity contribution in [3.8, 4) is 0 Å². The monoisotopic (exact) mass is 295 g/mol. The first-order chi connectivity index (χ1) is 9.54. The molecule has 1 aliphatic carbocycles. The molecule has 0 atom stereocenters. The molecule has 0 unspecified atom stereocenters. The van der Waals surface area contributed by atoms with Gasteiger partial charge in [0.25, 0.3) is 0 Å². The summed E-state index contributed by atoms with van der Waals surface area (Å²) in [5.74, 6) is 0.994. The number of sulfonamides is 1. The molecule has 5 nitrogen and oxygen atoms in total. The fourth-order valence-corrected chi connectivity index (χ4v) is 4.29. The summed E-state index contributed by atoms with van der Waals surface area (Å²) in [6, 6.07) is 6.10. The fraction of sp³-hybridized carbons (Fsp3) is 0.643. The highest BCUT2D eigenvalue weighted by molar-refractivity contribution is 7.90. The van der Waals surface area contributed by atoms with Crippen LogP contribution in [-0.2, 0) is 10.0 Å². The quantitative estimate of drug-likeness (QED) is 0.913. The summed E-state index contributed by atoms with van der Waals surface area (Å²) in [5, 5.41) is -0.126. The molecule has 1 aromatic rings. The number of anilines is 1. The number of hydrogen-bond acceptors (Lipinski definition) is 4. The lowest BCUT2D eigenvalue weighted by Gasteiger charge is -2.33. The van der Waals surface area contributed by atoms with Crippen molar-refractivity contribution in [1.29, 1.82) is 0 Å². The van der Waals surface area contributed by atoms with Gasteiger partial charge in [0.15, 0.2) is 0 Å². The van der Waals surface area contributed by atoms with E-state index in [-0.39, 0.29) is 11.3 Å². The van der Waals surface area contributed by atoms with Gasteiger partial charge in [0.2, 0.25) is 10.0 Å². The van der Waals surface area contributed by atoms with Gasteiger partial charge in [-0.2, -0.15) is 0 Å². The van der Waals surface area contributed by atoms with E-state index in [0.29, 0.717) is 0 Å². The minimum absolute atomic E-state index is 0.0849. The van der Waals surface area contributed by atoms with Crippen LogP contribution in [0.25, 0.3) is 0 Å².